The summed E-state index contributed by atoms with van der Waals surface area (Å²) in [7, 11) is 0. The molecule has 0 aromatic heterocycles. The molecule has 0 bridgehead atoms. The summed E-state index contributed by atoms with van der Waals surface area (Å²) in [6.07, 6.45) is 3.41. The van der Waals surface area contributed by atoms with Gasteiger partial charge in [-0.25, -0.2) is 0 Å². The average Bonchev–Trinajstić information content (AvgIpc) is 1.91. The molecule has 0 atom stereocenters. The number of hydrogen-bond donors (Lipinski definition) is 2. The second-order valence-electron chi connectivity index (χ2n) is 0.993. The lowest BCUT2D eigenvalue weighted by molar-refractivity contribution is 1.40. The largest absolute Gasteiger partial charge is 0.399 e. The molecule has 0 radical (unpaired) electrons. The molecule has 0 aromatic rings. The molecule has 0 aromatic carbocycles. The van der Waals surface area contributed by atoms with Crippen LogP contribution >= 0.6 is 0 Å². The van der Waals surface area contributed by atoms with Gasteiger partial charge in [0.2, 0.25) is 0 Å². The van der Waals surface area contributed by atoms with Crippen LogP contribution in [0.1, 0.15) is 6.92 Å². The van der Waals surface area contributed by atoms with E-state index in [1.807, 2.05) is 6.92 Å². The van der Waals surface area contributed by atoms with Gasteiger partial charge in [0.05, 0.1) is 0 Å². The van der Waals surface area contributed by atoms with Crippen molar-refractivity contribution in [1.29, 1.82) is 5.41 Å². The highest BCUT2D eigenvalue weighted by Crippen LogP contribution is 1.78. The molecule has 0 amide bonds. The fourth-order valence-electron chi connectivity index (χ4n) is 0.118. The first-order chi connectivity index (χ1) is 3.81. The van der Waals surface area contributed by atoms with Gasteiger partial charge in [-0.2, -0.15) is 0 Å². The van der Waals surface area contributed by atoms with Crippen LogP contribution in [0.25, 0.3) is 0 Å². The van der Waals surface area contributed by atoms with Crippen LogP contribution in [0.2, 0.25) is 0 Å². The first kappa shape index (κ1) is 10.0. The second-order valence-corrected chi connectivity index (χ2v) is 0.993. The molecule has 2 nitrogen and oxygen atoms in total. The maximum atomic E-state index is 5.50. The number of nitrogens with one attached hydrogen (secondary N) is 1. The minimum atomic E-state index is 0.731. The van der Waals surface area contributed by atoms with Gasteiger partial charge >= 0.3 is 0 Å². The van der Waals surface area contributed by atoms with Crippen molar-refractivity contribution in [3.05, 3.63) is 24.4 Å². The molecule has 0 spiro atoms. The quantitative estimate of drug-likeness (QED) is 0.390. The Bertz CT molecular complexity index is 84.5. The zero-order valence-corrected chi connectivity index (χ0v) is 5.15. The summed E-state index contributed by atoms with van der Waals surface area (Å²) in [5.41, 5.74) is 5.95. The number of rotatable bonds is 1. The maximum absolute atomic E-state index is 5.50. The molecule has 0 fully saturated rings. The van der Waals surface area contributed by atoms with E-state index in [1.165, 1.54) is 0 Å². The second kappa shape index (κ2) is 9.34. The smallest absolute Gasteiger partial charge is 0.0264 e. The molecule has 2 heteroatoms. The fraction of sp³-hybridized carbons (Fsp3) is 0.167. The number of allylic oxidation sites excluding steroid dienone is 2. The summed E-state index contributed by atoms with van der Waals surface area (Å²) in [5.74, 6) is 0. The van der Waals surface area contributed by atoms with E-state index in [-0.39, 0.29) is 0 Å². The van der Waals surface area contributed by atoms with Crippen LogP contribution < -0.4 is 5.73 Å². The van der Waals surface area contributed by atoms with Crippen molar-refractivity contribution in [3.63, 3.8) is 0 Å². The predicted molar refractivity (Wildman–Crippen MR) is 38.0 cm³/mol. The molecule has 3 N–H and O–H groups in total. The van der Waals surface area contributed by atoms with Crippen molar-refractivity contribution in [2.75, 3.05) is 0 Å². The lowest BCUT2D eigenvalue weighted by Gasteiger charge is -1.80. The van der Waals surface area contributed by atoms with Gasteiger partial charge in [-0.15, -0.1) is 0 Å². The molecule has 0 aliphatic rings. The van der Waals surface area contributed by atoms with E-state index in [1.54, 1.807) is 12.2 Å². The third-order valence-electron chi connectivity index (χ3n) is 0.569. The highest BCUT2D eigenvalue weighted by Gasteiger charge is 1.66. The van der Waals surface area contributed by atoms with E-state index >= 15 is 0 Å². The van der Waals surface area contributed by atoms with E-state index in [0.29, 0.717) is 0 Å². The van der Waals surface area contributed by atoms with Crippen molar-refractivity contribution in [2.24, 2.45) is 5.73 Å². The Morgan fingerprint density at radius 3 is 2.00 bits per heavy atom. The molecule has 0 aliphatic heterocycles. The molecule has 8 heavy (non-hydrogen) atoms. The van der Waals surface area contributed by atoms with Gasteiger partial charge in [-0.05, 0) is 19.7 Å². The van der Waals surface area contributed by atoms with Gasteiger partial charge in [0.25, 0.3) is 0 Å². The molecular formula is C6H12N2. The standard InChI is InChI=1S/C5H9N.CH3N/c1-3-5(6)4-2;1-2/h3-4H,1,6H2,2H3;2H,1H2/b5-4-;. The van der Waals surface area contributed by atoms with Crippen LogP contribution in [0, 0.1) is 5.41 Å². The van der Waals surface area contributed by atoms with E-state index < -0.39 is 0 Å². The molecular weight excluding hydrogens is 100 g/mol. The van der Waals surface area contributed by atoms with Crippen LogP contribution in [-0.2, 0) is 0 Å². The van der Waals surface area contributed by atoms with Crippen LogP contribution in [0.15, 0.2) is 24.4 Å². The molecule has 0 saturated heterocycles. The van der Waals surface area contributed by atoms with Crippen molar-refractivity contribution in [2.45, 2.75) is 6.92 Å². The Labute approximate surface area is 50.2 Å². The van der Waals surface area contributed by atoms with Gasteiger partial charge in [0.15, 0.2) is 0 Å². The number of hydrogen-bond acceptors (Lipinski definition) is 2. The van der Waals surface area contributed by atoms with Crippen molar-refractivity contribution in [1.82, 2.24) is 0 Å². The minimum Gasteiger partial charge on any atom is -0.399 e. The molecule has 0 rings (SSSR count). The predicted octanol–water partition coefficient (Wildman–Crippen LogP) is 1.30. The normalized spacial score (nSPS) is 8.88. The third kappa shape index (κ3) is 8.87. The van der Waals surface area contributed by atoms with E-state index in [0.717, 1.165) is 5.70 Å². The van der Waals surface area contributed by atoms with Gasteiger partial charge in [0, 0.05) is 5.70 Å². The van der Waals surface area contributed by atoms with E-state index in [9.17, 15) is 0 Å². The van der Waals surface area contributed by atoms with Crippen LogP contribution in [0.5, 0.6) is 0 Å². The lowest BCUT2D eigenvalue weighted by Crippen LogP contribution is -1.88. The highest BCUT2D eigenvalue weighted by molar-refractivity contribution is 5.15. The molecule has 0 saturated carbocycles. The maximum Gasteiger partial charge on any atom is 0.0264 e. The molecule has 0 heterocycles. The van der Waals surface area contributed by atoms with Gasteiger partial charge < -0.3 is 11.1 Å². The van der Waals surface area contributed by atoms with Crippen molar-refractivity contribution >= 4 is 6.72 Å². The monoisotopic (exact) mass is 112 g/mol. The van der Waals surface area contributed by atoms with Gasteiger partial charge in [0.1, 0.15) is 0 Å². The van der Waals surface area contributed by atoms with Crippen LogP contribution in [0.4, 0.5) is 0 Å². The summed E-state index contributed by atoms with van der Waals surface area (Å²) in [4.78, 5) is 0. The number of nitrogens with two attached hydrogens (primary N) is 1. The zero-order chi connectivity index (χ0) is 6.99. The Morgan fingerprint density at radius 2 is 2.00 bits per heavy atom. The Kier molecular flexibility index (Phi) is 11.7. The molecule has 0 aliphatic carbocycles. The van der Waals surface area contributed by atoms with Crippen molar-refractivity contribution in [3.8, 4) is 0 Å². The zero-order valence-electron chi connectivity index (χ0n) is 5.15. The Hall–Kier alpha value is -1.05. The van der Waals surface area contributed by atoms with E-state index in [2.05, 4.69) is 13.3 Å². The SMILES string of the molecule is C=C/C(N)=C/C.C=N. The van der Waals surface area contributed by atoms with Crippen molar-refractivity contribution < 1.29 is 0 Å². The average molecular weight is 112 g/mol. The summed E-state index contributed by atoms with van der Waals surface area (Å²) in [6.45, 7) is 7.81. The summed E-state index contributed by atoms with van der Waals surface area (Å²) < 4.78 is 0. The Morgan fingerprint density at radius 1 is 1.62 bits per heavy atom. The van der Waals surface area contributed by atoms with E-state index in [4.69, 9.17) is 11.1 Å². The summed E-state index contributed by atoms with van der Waals surface area (Å²) in [5, 5.41) is 5.50. The summed E-state index contributed by atoms with van der Waals surface area (Å²) in [6, 6.07) is 0. The summed E-state index contributed by atoms with van der Waals surface area (Å²) >= 11 is 0. The first-order valence-corrected chi connectivity index (χ1v) is 2.21. The van der Waals surface area contributed by atoms with Gasteiger partial charge in [-0.1, -0.05) is 12.7 Å². The third-order valence-corrected chi connectivity index (χ3v) is 0.569. The first-order valence-electron chi connectivity index (χ1n) is 2.21. The lowest BCUT2D eigenvalue weighted by atomic mass is 10.4. The highest BCUT2D eigenvalue weighted by atomic mass is 14.5. The topological polar surface area (TPSA) is 49.9 Å². The minimum absolute atomic E-state index is 0.731. The van der Waals surface area contributed by atoms with Gasteiger partial charge in [-0.3, -0.25) is 0 Å². The molecule has 0 unspecified atom stereocenters. The van der Waals surface area contributed by atoms with Crippen LogP contribution in [0.3, 0.4) is 0 Å². The Balaban J connectivity index is 0. The molecule has 46 valence electrons. The fourth-order valence-corrected chi connectivity index (χ4v) is 0.118. The van der Waals surface area contributed by atoms with Crippen LogP contribution in [-0.4, -0.2) is 6.72 Å².